The van der Waals surface area contributed by atoms with Crippen LogP contribution >= 0.6 is 0 Å². The molecule has 0 spiro atoms. The van der Waals surface area contributed by atoms with E-state index < -0.39 is 6.10 Å². The number of hydrogen-bond acceptors (Lipinski definition) is 6. The van der Waals surface area contributed by atoms with Crippen LogP contribution in [0.25, 0.3) is 0 Å². The normalized spacial score (nSPS) is 12.3. The molecule has 0 heterocycles. The van der Waals surface area contributed by atoms with Crippen molar-refractivity contribution in [3.8, 4) is 0 Å². The van der Waals surface area contributed by atoms with Gasteiger partial charge in [-0.15, -0.1) is 0 Å². The van der Waals surface area contributed by atoms with E-state index in [1.807, 2.05) is 0 Å². The van der Waals surface area contributed by atoms with E-state index in [9.17, 15) is 14.4 Å². The van der Waals surface area contributed by atoms with Gasteiger partial charge in [0.1, 0.15) is 13.2 Å². The molecule has 0 fully saturated rings. The molecule has 0 aliphatic heterocycles. The first-order valence-corrected chi connectivity index (χ1v) is 33.6. The number of unbranched alkanes of at least 4 members (excludes halogenated alkanes) is 43. The van der Waals surface area contributed by atoms with Crippen molar-refractivity contribution >= 4 is 17.9 Å². The number of ether oxygens (including phenoxy) is 3. The molecule has 1 unspecified atom stereocenters. The predicted octanol–water partition coefficient (Wildman–Crippen LogP) is 22.9. The van der Waals surface area contributed by atoms with Gasteiger partial charge in [0.05, 0.1) is 0 Å². The maximum atomic E-state index is 12.9. The molecule has 6 heteroatoms. The molecule has 0 bridgehead atoms. The Kier molecular flexibility index (Phi) is 62.6. The van der Waals surface area contributed by atoms with Crippen LogP contribution in [0.15, 0.2) is 48.6 Å². The second-order valence-corrected chi connectivity index (χ2v) is 22.7. The molecule has 444 valence electrons. The van der Waals surface area contributed by atoms with E-state index in [-0.39, 0.29) is 31.1 Å². The van der Waals surface area contributed by atoms with Gasteiger partial charge in [-0.1, -0.05) is 333 Å². The molecule has 0 aromatic heterocycles. The van der Waals surface area contributed by atoms with Crippen LogP contribution in [0.3, 0.4) is 0 Å². The number of rotatable bonds is 62. The van der Waals surface area contributed by atoms with Gasteiger partial charge in [-0.05, 0) is 57.8 Å². The topological polar surface area (TPSA) is 78.9 Å². The molecular weight excluding hydrogens is 937 g/mol. The van der Waals surface area contributed by atoms with Gasteiger partial charge in [-0.3, -0.25) is 14.4 Å². The minimum Gasteiger partial charge on any atom is -0.462 e. The number of carbonyl (C=O) groups excluding carboxylic acids is 3. The summed E-state index contributed by atoms with van der Waals surface area (Å²) in [6, 6.07) is 0. The fraction of sp³-hybridized carbons (Fsp3) is 0.843. The fourth-order valence-corrected chi connectivity index (χ4v) is 10.1. The van der Waals surface area contributed by atoms with Crippen LogP contribution in [0, 0.1) is 0 Å². The fourth-order valence-electron chi connectivity index (χ4n) is 10.1. The van der Waals surface area contributed by atoms with Gasteiger partial charge < -0.3 is 14.2 Å². The predicted molar refractivity (Wildman–Crippen MR) is 330 cm³/mol. The Balaban J connectivity index is 4.21. The Morgan fingerprint density at radius 2 is 0.513 bits per heavy atom. The summed E-state index contributed by atoms with van der Waals surface area (Å²) in [4.78, 5) is 38.3. The van der Waals surface area contributed by atoms with Crippen molar-refractivity contribution in [3.63, 3.8) is 0 Å². The zero-order chi connectivity index (χ0) is 55.0. The van der Waals surface area contributed by atoms with E-state index in [2.05, 4.69) is 69.4 Å². The highest BCUT2D eigenvalue weighted by molar-refractivity contribution is 5.71. The van der Waals surface area contributed by atoms with Crippen LogP contribution in [-0.4, -0.2) is 37.2 Å². The van der Waals surface area contributed by atoms with Gasteiger partial charge in [0, 0.05) is 19.3 Å². The van der Waals surface area contributed by atoms with Crippen molar-refractivity contribution in [1.29, 1.82) is 0 Å². The van der Waals surface area contributed by atoms with E-state index in [0.717, 1.165) is 96.3 Å². The standard InChI is InChI=1S/C70H128O6/c1-4-7-10-13-16-19-22-25-27-29-31-32-33-34-35-36-37-38-40-41-43-45-48-51-54-57-60-63-69(72)75-66-67(65-74-68(71)62-59-56-53-50-47-24-21-18-15-12-9-6-3)76-70(73)64-61-58-55-52-49-46-44-42-39-30-28-26-23-20-17-14-11-8-5-2/h8,11,17,20,26,28,39,42,67H,4-7,9-10,12-16,18-19,21-25,27,29-38,40-41,43-66H2,1-3H3/b11-8-,20-17-,28-26-,42-39-. The SMILES string of the molecule is CC/C=C\C/C=C\C/C=C\C/C=C\CCCCCCCCC(=O)OC(COC(=O)CCCCCCCCCCCCCC)COC(=O)CCCCCCCCCCCCCCCCCCCCCCCCCCCCC. The molecule has 1 atom stereocenters. The summed E-state index contributed by atoms with van der Waals surface area (Å²) < 4.78 is 16.9. The summed E-state index contributed by atoms with van der Waals surface area (Å²) in [6.45, 7) is 6.57. The summed E-state index contributed by atoms with van der Waals surface area (Å²) in [5, 5.41) is 0. The van der Waals surface area contributed by atoms with Gasteiger partial charge in [-0.2, -0.15) is 0 Å². The lowest BCUT2D eigenvalue weighted by Crippen LogP contribution is -2.30. The Morgan fingerprint density at radius 3 is 0.803 bits per heavy atom. The van der Waals surface area contributed by atoms with Crippen molar-refractivity contribution in [3.05, 3.63) is 48.6 Å². The molecule has 76 heavy (non-hydrogen) atoms. The number of allylic oxidation sites excluding steroid dienone is 8. The van der Waals surface area contributed by atoms with Crippen molar-refractivity contribution in [2.45, 2.75) is 367 Å². The van der Waals surface area contributed by atoms with E-state index in [4.69, 9.17) is 14.2 Å². The Bertz CT molecular complexity index is 1310. The second kappa shape index (κ2) is 64.9. The third kappa shape index (κ3) is 62.2. The first-order valence-electron chi connectivity index (χ1n) is 33.6. The van der Waals surface area contributed by atoms with E-state index in [1.165, 1.54) is 225 Å². The maximum absolute atomic E-state index is 12.9. The van der Waals surface area contributed by atoms with Gasteiger partial charge in [0.2, 0.25) is 0 Å². The first kappa shape index (κ1) is 73.4. The highest BCUT2D eigenvalue weighted by atomic mass is 16.6. The number of esters is 3. The summed E-state index contributed by atoms with van der Waals surface area (Å²) >= 11 is 0. The monoisotopic (exact) mass is 1060 g/mol. The molecular formula is C70H128O6. The summed E-state index contributed by atoms with van der Waals surface area (Å²) in [5.74, 6) is -0.865. The van der Waals surface area contributed by atoms with Crippen LogP contribution in [0.4, 0.5) is 0 Å². The second-order valence-electron chi connectivity index (χ2n) is 22.7. The Hall–Kier alpha value is -2.63. The van der Waals surface area contributed by atoms with Crippen LogP contribution < -0.4 is 0 Å². The summed E-state index contributed by atoms with van der Waals surface area (Å²) in [5.41, 5.74) is 0. The number of hydrogen-bond donors (Lipinski definition) is 0. The third-order valence-electron chi connectivity index (χ3n) is 15.1. The Morgan fingerprint density at radius 1 is 0.276 bits per heavy atom. The zero-order valence-corrected chi connectivity index (χ0v) is 51.0. The lowest BCUT2D eigenvalue weighted by atomic mass is 10.0. The van der Waals surface area contributed by atoms with Crippen LogP contribution in [0.1, 0.15) is 361 Å². The Labute approximate surface area is 473 Å². The summed E-state index contributed by atoms with van der Waals surface area (Å²) in [7, 11) is 0. The van der Waals surface area contributed by atoms with Crippen LogP contribution in [0.2, 0.25) is 0 Å². The molecule has 0 N–H and O–H groups in total. The van der Waals surface area contributed by atoms with Gasteiger partial charge >= 0.3 is 17.9 Å². The zero-order valence-electron chi connectivity index (χ0n) is 51.0. The van der Waals surface area contributed by atoms with Crippen molar-refractivity contribution in [2.24, 2.45) is 0 Å². The highest BCUT2D eigenvalue weighted by Crippen LogP contribution is 2.18. The largest absolute Gasteiger partial charge is 0.462 e. The molecule has 0 amide bonds. The molecule has 0 aliphatic rings. The molecule has 0 radical (unpaired) electrons. The van der Waals surface area contributed by atoms with E-state index in [0.29, 0.717) is 19.3 Å². The minimum absolute atomic E-state index is 0.0742. The van der Waals surface area contributed by atoms with Crippen molar-refractivity contribution < 1.29 is 28.6 Å². The molecule has 0 aromatic carbocycles. The van der Waals surface area contributed by atoms with Crippen molar-refractivity contribution in [1.82, 2.24) is 0 Å². The van der Waals surface area contributed by atoms with Gasteiger partial charge in [0.25, 0.3) is 0 Å². The van der Waals surface area contributed by atoms with Gasteiger partial charge in [-0.25, -0.2) is 0 Å². The average molecular weight is 1070 g/mol. The summed E-state index contributed by atoms with van der Waals surface area (Å²) in [6.07, 6.45) is 81.4. The molecule has 0 rings (SSSR count). The van der Waals surface area contributed by atoms with Crippen molar-refractivity contribution in [2.75, 3.05) is 13.2 Å². The maximum Gasteiger partial charge on any atom is 0.306 e. The quantitative estimate of drug-likeness (QED) is 0.0261. The number of carbonyl (C=O) groups is 3. The molecule has 0 saturated heterocycles. The van der Waals surface area contributed by atoms with E-state index >= 15 is 0 Å². The van der Waals surface area contributed by atoms with E-state index in [1.54, 1.807) is 0 Å². The molecule has 0 aromatic rings. The first-order chi connectivity index (χ1) is 37.5. The smallest absolute Gasteiger partial charge is 0.306 e. The lowest BCUT2D eigenvalue weighted by Gasteiger charge is -2.18. The third-order valence-corrected chi connectivity index (χ3v) is 15.1. The van der Waals surface area contributed by atoms with Crippen LogP contribution in [0.5, 0.6) is 0 Å². The highest BCUT2D eigenvalue weighted by Gasteiger charge is 2.19. The van der Waals surface area contributed by atoms with Crippen LogP contribution in [-0.2, 0) is 28.6 Å². The molecule has 0 aliphatic carbocycles. The lowest BCUT2D eigenvalue weighted by molar-refractivity contribution is -0.167. The molecule has 0 saturated carbocycles. The average Bonchev–Trinajstić information content (AvgIpc) is 3.42. The molecule has 6 nitrogen and oxygen atoms in total. The minimum atomic E-state index is -0.778. The van der Waals surface area contributed by atoms with Gasteiger partial charge in [0.15, 0.2) is 6.10 Å².